The molecule has 0 saturated carbocycles. The Balaban J connectivity index is 1.43. The van der Waals surface area contributed by atoms with E-state index in [1.807, 2.05) is 0 Å². The van der Waals surface area contributed by atoms with Gasteiger partial charge in [-0.2, -0.15) is 0 Å². The van der Waals surface area contributed by atoms with Crippen molar-refractivity contribution in [1.29, 1.82) is 0 Å². The Hall–Kier alpha value is -1.72. The van der Waals surface area contributed by atoms with E-state index in [-0.39, 0.29) is 11.5 Å². The van der Waals surface area contributed by atoms with Gasteiger partial charge in [-0.15, -0.1) is 0 Å². The van der Waals surface area contributed by atoms with Crippen LogP contribution in [0.1, 0.15) is 37.9 Å². The van der Waals surface area contributed by atoms with Crippen molar-refractivity contribution in [2.45, 2.75) is 56.7 Å². The lowest BCUT2D eigenvalue weighted by molar-refractivity contribution is 0.0348. The van der Waals surface area contributed by atoms with Gasteiger partial charge in [0.15, 0.2) is 0 Å². The van der Waals surface area contributed by atoms with E-state index in [0.29, 0.717) is 29.7 Å². The lowest BCUT2D eigenvalue weighted by atomic mass is 9.99. The van der Waals surface area contributed by atoms with Gasteiger partial charge in [-0.25, -0.2) is 9.18 Å². The molecule has 128 valence electrons. The molecule has 0 radical (unpaired) electrons. The fraction of sp³-hybridized carbons (Fsp3) is 0.526. The predicted octanol–water partition coefficient (Wildman–Crippen LogP) is 2.85. The molecular formula is C19H22FNO3. The van der Waals surface area contributed by atoms with Crippen molar-refractivity contribution in [3.63, 3.8) is 0 Å². The highest BCUT2D eigenvalue weighted by Gasteiger charge is 2.39. The zero-order valence-corrected chi connectivity index (χ0v) is 13.6. The first-order valence-corrected chi connectivity index (χ1v) is 8.77. The lowest BCUT2D eigenvalue weighted by Crippen LogP contribution is -2.45. The molecule has 0 amide bonds. The Morgan fingerprint density at radius 3 is 2.75 bits per heavy atom. The van der Waals surface area contributed by atoms with Gasteiger partial charge in [0.1, 0.15) is 17.0 Å². The molecule has 3 heterocycles. The highest BCUT2D eigenvalue weighted by atomic mass is 19.1. The molecule has 2 saturated heterocycles. The van der Waals surface area contributed by atoms with Crippen LogP contribution in [0.5, 0.6) is 0 Å². The molecule has 2 aliphatic rings. The predicted molar refractivity (Wildman–Crippen MR) is 89.5 cm³/mol. The number of hydrogen-bond donors (Lipinski definition) is 1. The van der Waals surface area contributed by atoms with Crippen LogP contribution < -0.4 is 5.63 Å². The van der Waals surface area contributed by atoms with E-state index in [0.717, 1.165) is 25.8 Å². The summed E-state index contributed by atoms with van der Waals surface area (Å²) in [5.41, 5.74) is -0.596. The summed E-state index contributed by atoms with van der Waals surface area (Å²) in [6.45, 7) is 0.951. The molecule has 2 unspecified atom stereocenters. The maximum absolute atomic E-state index is 13.7. The van der Waals surface area contributed by atoms with Gasteiger partial charge in [0.2, 0.25) is 0 Å². The smallest absolute Gasteiger partial charge is 0.346 e. The summed E-state index contributed by atoms with van der Waals surface area (Å²) in [7, 11) is 0. The number of piperidine rings is 1. The lowest BCUT2D eigenvalue weighted by Gasteiger charge is -2.37. The second-order valence-corrected chi connectivity index (χ2v) is 7.06. The number of benzene rings is 1. The molecule has 2 aromatic rings. The van der Waals surface area contributed by atoms with E-state index in [1.54, 1.807) is 18.2 Å². The number of aliphatic hydroxyl groups excluding tert-OH is 1. The summed E-state index contributed by atoms with van der Waals surface area (Å²) >= 11 is 0. The van der Waals surface area contributed by atoms with Crippen molar-refractivity contribution in [2.75, 3.05) is 6.54 Å². The Morgan fingerprint density at radius 1 is 1.25 bits per heavy atom. The van der Waals surface area contributed by atoms with Crippen molar-refractivity contribution < 1.29 is 13.9 Å². The zero-order valence-electron chi connectivity index (χ0n) is 13.6. The van der Waals surface area contributed by atoms with Crippen molar-refractivity contribution >= 4 is 10.8 Å². The first-order valence-electron chi connectivity index (χ1n) is 8.77. The van der Waals surface area contributed by atoms with Gasteiger partial charge in [0.25, 0.3) is 0 Å². The van der Waals surface area contributed by atoms with Crippen LogP contribution in [0, 0.1) is 5.82 Å². The van der Waals surface area contributed by atoms with Gasteiger partial charge < -0.3 is 9.52 Å². The van der Waals surface area contributed by atoms with E-state index in [4.69, 9.17) is 4.42 Å². The minimum Gasteiger partial charge on any atom is -0.427 e. The zero-order chi connectivity index (χ0) is 16.7. The maximum atomic E-state index is 13.7. The molecule has 5 heteroatoms. The molecule has 0 spiro atoms. The molecular weight excluding hydrogens is 309 g/mol. The summed E-state index contributed by atoms with van der Waals surface area (Å²) in [5, 5.41) is 10.5. The van der Waals surface area contributed by atoms with Crippen molar-refractivity contribution in [1.82, 2.24) is 4.90 Å². The van der Waals surface area contributed by atoms with Gasteiger partial charge in [-0.1, -0.05) is 12.1 Å². The molecule has 2 fully saturated rings. The third-order valence-corrected chi connectivity index (χ3v) is 5.49. The number of halogens is 1. The summed E-state index contributed by atoms with van der Waals surface area (Å²) in [6.07, 6.45) is 5.51. The van der Waals surface area contributed by atoms with Crippen LogP contribution in [0.4, 0.5) is 4.39 Å². The summed E-state index contributed by atoms with van der Waals surface area (Å²) in [6, 6.07) is 7.39. The van der Waals surface area contributed by atoms with Crippen LogP contribution in [0.15, 0.2) is 33.5 Å². The number of rotatable bonds is 4. The van der Waals surface area contributed by atoms with Gasteiger partial charge >= 0.3 is 5.63 Å². The molecule has 2 atom stereocenters. The normalized spacial score (nSPS) is 27.0. The Labute approximate surface area is 139 Å². The fourth-order valence-corrected chi connectivity index (χ4v) is 4.42. The second kappa shape index (κ2) is 6.30. The van der Waals surface area contributed by atoms with Crippen LogP contribution in [-0.2, 0) is 6.42 Å². The number of aryl methyl sites for hydroxylation is 1. The molecule has 24 heavy (non-hydrogen) atoms. The van der Waals surface area contributed by atoms with Crippen LogP contribution in [-0.4, -0.2) is 34.7 Å². The number of hydrogen-bond acceptors (Lipinski definition) is 4. The van der Waals surface area contributed by atoms with E-state index in [1.165, 1.54) is 18.9 Å². The largest absolute Gasteiger partial charge is 0.427 e. The van der Waals surface area contributed by atoms with E-state index >= 15 is 0 Å². The van der Waals surface area contributed by atoms with Crippen LogP contribution >= 0.6 is 0 Å². The Bertz CT molecular complexity index is 789. The van der Waals surface area contributed by atoms with Gasteiger partial charge in [0, 0.05) is 18.5 Å². The summed E-state index contributed by atoms with van der Waals surface area (Å²) in [5.74, 6) is 0.0822. The van der Waals surface area contributed by atoms with Crippen molar-refractivity contribution in [3.05, 3.63) is 46.3 Å². The summed E-state index contributed by atoms with van der Waals surface area (Å²) < 4.78 is 19.0. The van der Waals surface area contributed by atoms with Crippen molar-refractivity contribution in [3.8, 4) is 0 Å². The van der Waals surface area contributed by atoms with E-state index in [9.17, 15) is 14.3 Å². The number of nitrogens with zero attached hydrogens (tertiary/aromatic N) is 1. The number of aliphatic hydroxyl groups is 1. The Morgan fingerprint density at radius 2 is 2.00 bits per heavy atom. The standard InChI is InChI=1S/C19H22FNO3/c20-17-5-1-3-12-9-16(24-19(23)18(12)17)4-2-8-21-13-6-7-14(21)11-15(22)10-13/h1,3,5,9,13-15,22H,2,4,6-8,10-11H2. The first kappa shape index (κ1) is 15.8. The summed E-state index contributed by atoms with van der Waals surface area (Å²) in [4.78, 5) is 14.5. The minimum absolute atomic E-state index is 0.0318. The average molecular weight is 331 g/mol. The van der Waals surface area contributed by atoms with Crippen molar-refractivity contribution in [2.24, 2.45) is 0 Å². The van der Waals surface area contributed by atoms with Crippen LogP contribution in [0.25, 0.3) is 10.8 Å². The highest BCUT2D eigenvalue weighted by molar-refractivity contribution is 5.81. The van der Waals surface area contributed by atoms with Crippen LogP contribution in [0.2, 0.25) is 0 Å². The molecule has 0 aliphatic carbocycles. The molecule has 1 N–H and O–H groups in total. The van der Waals surface area contributed by atoms with Gasteiger partial charge in [0.05, 0.1) is 6.10 Å². The van der Waals surface area contributed by atoms with E-state index < -0.39 is 11.4 Å². The highest BCUT2D eigenvalue weighted by Crippen LogP contribution is 2.35. The SMILES string of the molecule is O=c1oc(CCCN2C3CCC2CC(O)C3)cc2cccc(F)c12. The second-order valence-electron chi connectivity index (χ2n) is 7.06. The fourth-order valence-electron chi connectivity index (χ4n) is 4.42. The molecule has 1 aromatic heterocycles. The molecule has 1 aromatic carbocycles. The molecule has 4 rings (SSSR count). The van der Waals surface area contributed by atoms with E-state index in [2.05, 4.69) is 4.90 Å². The first-order chi connectivity index (χ1) is 11.6. The van der Waals surface area contributed by atoms with Gasteiger partial charge in [-0.05, 0) is 56.2 Å². The van der Waals surface area contributed by atoms with Crippen LogP contribution in [0.3, 0.4) is 0 Å². The third kappa shape index (κ3) is 2.87. The topological polar surface area (TPSA) is 53.7 Å². The number of fused-ring (bicyclic) bond motifs is 3. The molecule has 2 aliphatic heterocycles. The molecule has 2 bridgehead atoms. The monoisotopic (exact) mass is 331 g/mol. The molecule has 4 nitrogen and oxygen atoms in total. The Kier molecular flexibility index (Phi) is 4.14. The quantitative estimate of drug-likeness (QED) is 0.936. The third-order valence-electron chi connectivity index (χ3n) is 5.49. The average Bonchev–Trinajstić information content (AvgIpc) is 2.78. The minimum atomic E-state index is -0.596. The van der Waals surface area contributed by atoms with Gasteiger partial charge in [-0.3, -0.25) is 4.90 Å². The maximum Gasteiger partial charge on any atom is 0.346 e.